The highest BCUT2D eigenvalue weighted by Gasteiger charge is 2.25. The Morgan fingerprint density at radius 2 is 0.766 bits per heavy atom. The summed E-state index contributed by atoms with van der Waals surface area (Å²) in [5.74, 6) is 42.1. The average molecular weight is 630 g/mol. The van der Waals surface area contributed by atoms with Crippen LogP contribution < -0.4 is 15.9 Å². The predicted octanol–water partition coefficient (Wildman–Crippen LogP) is 5.79. The van der Waals surface area contributed by atoms with E-state index in [1.807, 2.05) is 0 Å². The van der Waals surface area contributed by atoms with E-state index in [9.17, 15) is 0 Å². The minimum atomic E-state index is -1.34. The van der Waals surface area contributed by atoms with Gasteiger partial charge in [0.1, 0.15) is 0 Å². The molecule has 0 spiro atoms. The van der Waals surface area contributed by atoms with Crippen LogP contribution in [0.1, 0.15) is 47.9 Å². The summed E-state index contributed by atoms with van der Waals surface area (Å²) < 4.78 is 0. The van der Waals surface area contributed by atoms with Gasteiger partial charge in [-0.2, -0.15) is 0 Å². The molecule has 216 valence electrons. The van der Waals surface area contributed by atoms with E-state index in [1.54, 1.807) is 0 Å². The van der Waals surface area contributed by atoms with Gasteiger partial charge >= 0.3 is 0 Å². The quantitative estimate of drug-likeness (QED) is 0.334. The minimum Gasteiger partial charge on any atom is -0.354 e. The lowest BCUT2D eigenvalue weighted by molar-refractivity contribution is 0.685. The van der Waals surface area contributed by atoms with Gasteiger partial charge < -0.3 is 5.32 Å². The number of aryl methyl sites for hydroxylation is 2. The van der Waals surface area contributed by atoms with Gasteiger partial charge in [0.2, 0.25) is 0 Å². The molecule has 0 fully saturated rings. The summed E-state index contributed by atoms with van der Waals surface area (Å²) in [7, 11) is -2.67. The molecule has 1 nitrogen and oxygen atoms in total. The zero-order valence-electron chi connectivity index (χ0n) is 25.7. The number of nitrogens with one attached hydrogen (secondary N) is 1. The number of terminal acetylenes is 4. The van der Waals surface area contributed by atoms with Gasteiger partial charge in [0.15, 0.2) is 0 Å². The van der Waals surface area contributed by atoms with Gasteiger partial charge in [0, 0.05) is 10.6 Å². The topological polar surface area (TPSA) is 12.0 Å². The molecule has 2 aromatic carbocycles. The Morgan fingerprint density at radius 1 is 0.426 bits per heavy atom. The maximum atomic E-state index is 5.33. The number of benzene rings is 2. The highest BCUT2D eigenvalue weighted by atomic mass is 31.1. The normalized spacial score (nSPS) is 10.9. The monoisotopic (exact) mass is 629 g/mol. The summed E-state index contributed by atoms with van der Waals surface area (Å²) in [6.07, 6.45) is 29.7. The second kappa shape index (κ2) is 18.6. The summed E-state index contributed by atoms with van der Waals surface area (Å²) in [4.78, 5) is 0. The van der Waals surface area contributed by atoms with Crippen LogP contribution in [0.4, 0.5) is 11.4 Å². The van der Waals surface area contributed by atoms with Crippen molar-refractivity contribution in [3.05, 3.63) is 46.5 Å². The fourth-order valence-electron chi connectivity index (χ4n) is 5.31. The molecule has 0 saturated heterocycles. The Hall–Kier alpha value is -6.18. The van der Waals surface area contributed by atoms with E-state index in [2.05, 4.69) is 147 Å². The van der Waals surface area contributed by atoms with Crippen LogP contribution in [-0.4, -0.2) is 0 Å². The molecular formula is C44H25NP2. The lowest BCUT2D eigenvalue weighted by Gasteiger charge is -2.28. The van der Waals surface area contributed by atoms with Crippen LogP contribution in [0.5, 0.6) is 0 Å². The first-order valence-electron chi connectivity index (χ1n) is 14.7. The highest BCUT2D eigenvalue weighted by Crippen LogP contribution is 2.43. The predicted molar refractivity (Wildman–Crippen MR) is 200 cm³/mol. The second-order valence-electron chi connectivity index (χ2n) is 9.93. The fraction of sp³-hybridized carbons (Fsp3) is 0.182. The molecule has 0 radical (unpaired) electrons. The smallest absolute Gasteiger partial charge is 0.0853 e. The van der Waals surface area contributed by atoms with Gasteiger partial charge in [-0.3, -0.25) is 0 Å². The van der Waals surface area contributed by atoms with Crippen LogP contribution in [0.3, 0.4) is 0 Å². The van der Waals surface area contributed by atoms with E-state index in [1.165, 1.54) is 22.3 Å². The molecule has 2 aromatic rings. The van der Waals surface area contributed by atoms with Crippen molar-refractivity contribution in [1.82, 2.24) is 0 Å². The third-order valence-corrected chi connectivity index (χ3v) is 10.3. The largest absolute Gasteiger partial charge is 0.354 e. The van der Waals surface area contributed by atoms with Crippen molar-refractivity contribution in [3.8, 4) is 143 Å². The van der Waals surface area contributed by atoms with Crippen LogP contribution in [-0.2, 0) is 25.7 Å². The van der Waals surface area contributed by atoms with Crippen LogP contribution in [0.25, 0.3) is 0 Å². The Bertz CT molecular complexity index is 2020. The van der Waals surface area contributed by atoms with E-state index in [0.29, 0.717) is 0 Å². The molecular weight excluding hydrogens is 604 g/mol. The third-order valence-electron chi connectivity index (χ3n) is 7.21. The molecule has 0 atom stereocenters. The van der Waals surface area contributed by atoms with Gasteiger partial charge in [-0.1, -0.05) is 24.3 Å². The summed E-state index contributed by atoms with van der Waals surface area (Å²) in [6.45, 7) is 0. The summed E-state index contributed by atoms with van der Waals surface area (Å²) in [6, 6.07) is 8.67. The number of anilines is 2. The molecule has 0 heterocycles. The van der Waals surface area contributed by atoms with Crippen molar-refractivity contribution in [2.45, 2.75) is 51.4 Å². The van der Waals surface area contributed by atoms with Gasteiger partial charge in [-0.25, -0.2) is 0 Å². The SMILES string of the molecule is C#CC#CC#CP(C#CC#CC#C)c1ccc2c(c1Nc1c(P(C#CC#CC#C)C#CC#CC#C)ccc3c1CCCC3)CCCC2. The number of rotatable bonds is 4. The standard InChI is InChI=1S/C44H25NP2/c1-5-9-13-21-33-46(34-22-14-10-6-2)41-31-29-37-25-17-19-27-39(37)43(41)45-44-40-28-20-18-26-38(40)30-32-42(44)47(35-23-15-11-7-3)36-24-16-12-8-4/h1-4,29-32,45H,17-20,25-28H2. The summed E-state index contributed by atoms with van der Waals surface area (Å²) in [5, 5.41) is 5.94. The Kier molecular flexibility index (Phi) is 13.3. The lowest BCUT2D eigenvalue weighted by atomic mass is 9.89. The fourth-order valence-corrected chi connectivity index (χ4v) is 7.85. The van der Waals surface area contributed by atoms with Crippen molar-refractivity contribution < 1.29 is 0 Å². The molecule has 0 amide bonds. The van der Waals surface area contributed by atoms with Gasteiger partial charge in [0.05, 0.1) is 27.2 Å². The van der Waals surface area contributed by atoms with E-state index >= 15 is 0 Å². The van der Waals surface area contributed by atoms with Crippen molar-refractivity contribution >= 4 is 37.8 Å². The molecule has 2 aliphatic carbocycles. The van der Waals surface area contributed by atoms with Crippen LogP contribution >= 0.6 is 15.8 Å². The summed E-state index contributed by atoms with van der Waals surface area (Å²) >= 11 is 0. The minimum absolute atomic E-state index is 0.936. The zero-order chi connectivity index (χ0) is 33.1. The van der Waals surface area contributed by atoms with E-state index in [4.69, 9.17) is 25.7 Å². The first-order valence-corrected chi connectivity index (χ1v) is 17.4. The Labute approximate surface area is 283 Å². The molecule has 0 bridgehead atoms. The van der Waals surface area contributed by atoms with Crippen molar-refractivity contribution in [1.29, 1.82) is 0 Å². The maximum absolute atomic E-state index is 5.33. The zero-order valence-corrected chi connectivity index (χ0v) is 27.5. The van der Waals surface area contributed by atoms with E-state index in [0.717, 1.165) is 73.4 Å². The Morgan fingerprint density at radius 3 is 1.11 bits per heavy atom. The Balaban J connectivity index is 2.00. The van der Waals surface area contributed by atoms with Gasteiger partial charge in [-0.15, -0.1) is 25.7 Å². The number of fused-ring (bicyclic) bond motifs is 2. The number of hydrogen-bond acceptors (Lipinski definition) is 1. The van der Waals surface area contributed by atoms with Crippen LogP contribution in [0.15, 0.2) is 24.3 Å². The molecule has 0 aliphatic heterocycles. The second-order valence-corrected chi connectivity index (χ2v) is 13.1. The van der Waals surface area contributed by atoms with E-state index in [-0.39, 0.29) is 0 Å². The van der Waals surface area contributed by atoms with Crippen molar-refractivity contribution in [2.75, 3.05) is 5.32 Å². The lowest BCUT2D eigenvalue weighted by Crippen LogP contribution is -2.20. The third kappa shape index (κ3) is 9.41. The first-order chi connectivity index (χ1) is 23.2. The van der Waals surface area contributed by atoms with Gasteiger partial charge in [-0.05, 0) is 191 Å². The molecule has 0 aromatic heterocycles. The molecule has 0 unspecified atom stereocenters. The first kappa shape index (κ1) is 33.7. The van der Waals surface area contributed by atoms with Gasteiger partial charge in [0.25, 0.3) is 0 Å². The average Bonchev–Trinajstić information content (AvgIpc) is 3.11. The van der Waals surface area contributed by atoms with Crippen LogP contribution in [0, 0.1) is 143 Å². The molecule has 2 aliphatic rings. The molecule has 3 heteroatoms. The maximum Gasteiger partial charge on any atom is 0.0853 e. The van der Waals surface area contributed by atoms with Crippen molar-refractivity contribution in [2.24, 2.45) is 0 Å². The van der Waals surface area contributed by atoms with E-state index < -0.39 is 15.8 Å². The molecule has 0 saturated carbocycles. The van der Waals surface area contributed by atoms with Crippen molar-refractivity contribution in [3.63, 3.8) is 0 Å². The molecule has 47 heavy (non-hydrogen) atoms. The number of hydrogen-bond donors (Lipinski definition) is 1. The van der Waals surface area contributed by atoms with Crippen LogP contribution in [0.2, 0.25) is 0 Å². The molecule has 1 N–H and O–H groups in total. The molecule has 4 rings (SSSR count). The highest BCUT2D eigenvalue weighted by molar-refractivity contribution is 7.76. The summed E-state index contributed by atoms with van der Waals surface area (Å²) in [5.41, 5.74) is 20.3.